The quantitative estimate of drug-likeness (QED) is 0.436. The van der Waals surface area contributed by atoms with E-state index in [1.54, 1.807) is 6.20 Å². The molecule has 2 aromatic heterocycles. The first-order chi connectivity index (χ1) is 17.9. The van der Waals surface area contributed by atoms with E-state index in [1.807, 2.05) is 16.7 Å². The molecule has 10 nitrogen and oxygen atoms in total. The van der Waals surface area contributed by atoms with Gasteiger partial charge in [0, 0.05) is 55.0 Å². The average Bonchev–Trinajstić information content (AvgIpc) is 2.89. The highest BCUT2D eigenvalue weighted by molar-refractivity contribution is 5.96. The molecule has 10 heteroatoms. The van der Waals surface area contributed by atoms with E-state index in [4.69, 9.17) is 9.82 Å². The fourth-order valence-electron chi connectivity index (χ4n) is 5.56. The van der Waals surface area contributed by atoms with Gasteiger partial charge in [0.2, 0.25) is 11.4 Å². The van der Waals surface area contributed by atoms with Crippen molar-refractivity contribution in [1.82, 2.24) is 25.3 Å². The van der Waals surface area contributed by atoms with Crippen LogP contribution < -0.4 is 26.4 Å². The van der Waals surface area contributed by atoms with E-state index >= 15 is 0 Å². The molecule has 0 spiro atoms. The lowest BCUT2D eigenvalue weighted by atomic mass is 9.95. The summed E-state index contributed by atoms with van der Waals surface area (Å²) in [6.45, 7) is 6.34. The second kappa shape index (κ2) is 10.9. The SMILES string of the molecule is CONC(=O)c1cn(C2CCCCC2)c2nc(Nc3ccc(N4CC(C)NC(C)C4)cc3)ncc2c1=O. The Hall–Kier alpha value is -3.50. The van der Waals surface area contributed by atoms with Crippen molar-refractivity contribution in [3.05, 3.63) is 52.4 Å². The number of hydrogen-bond acceptors (Lipinski definition) is 8. The summed E-state index contributed by atoms with van der Waals surface area (Å²) in [6.07, 6.45) is 8.47. The third kappa shape index (κ3) is 5.45. The highest BCUT2D eigenvalue weighted by atomic mass is 16.6. The highest BCUT2D eigenvalue weighted by Gasteiger charge is 2.23. The van der Waals surface area contributed by atoms with Crippen LogP contribution in [0, 0.1) is 0 Å². The zero-order valence-corrected chi connectivity index (χ0v) is 21.7. The van der Waals surface area contributed by atoms with Gasteiger partial charge in [-0.15, -0.1) is 0 Å². The fraction of sp³-hybridized carbons (Fsp3) is 0.481. The predicted octanol–water partition coefficient (Wildman–Crippen LogP) is 3.52. The Bertz CT molecular complexity index is 1310. The molecule has 0 bridgehead atoms. The topological polar surface area (TPSA) is 113 Å². The summed E-state index contributed by atoms with van der Waals surface area (Å²) >= 11 is 0. The number of carbonyl (C=O) groups is 1. The molecule has 2 fully saturated rings. The van der Waals surface area contributed by atoms with E-state index in [-0.39, 0.29) is 11.6 Å². The van der Waals surface area contributed by atoms with Gasteiger partial charge in [0.25, 0.3) is 5.91 Å². The van der Waals surface area contributed by atoms with Crippen LogP contribution in [0.2, 0.25) is 0 Å². The molecule has 2 atom stereocenters. The molecule has 1 saturated carbocycles. The molecule has 3 heterocycles. The number of nitrogens with zero attached hydrogens (tertiary/aromatic N) is 4. The van der Waals surface area contributed by atoms with Gasteiger partial charge >= 0.3 is 0 Å². The second-order valence-electron chi connectivity index (χ2n) is 10.2. The summed E-state index contributed by atoms with van der Waals surface area (Å²) in [4.78, 5) is 42.0. The third-order valence-corrected chi connectivity index (χ3v) is 7.22. The molecule has 37 heavy (non-hydrogen) atoms. The summed E-state index contributed by atoms with van der Waals surface area (Å²) in [7, 11) is 1.34. The molecule has 1 aliphatic heterocycles. The van der Waals surface area contributed by atoms with Gasteiger partial charge in [-0.25, -0.2) is 10.5 Å². The van der Waals surface area contributed by atoms with E-state index in [1.165, 1.54) is 25.4 Å². The normalized spacial score (nSPS) is 20.7. The first-order valence-electron chi connectivity index (χ1n) is 13.1. The highest BCUT2D eigenvalue weighted by Crippen LogP contribution is 2.30. The van der Waals surface area contributed by atoms with Crippen molar-refractivity contribution in [3.63, 3.8) is 0 Å². The lowest BCUT2D eigenvalue weighted by Gasteiger charge is -2.37. The van der Waals surface area contributed by atoms with Crippen LogP contribution in [0.5, 0.6) is 0 Å². The van der Waals surface area contributed by atoms with Crippen LogP contribution in [-0.2, 0) is 4.84 Å². The van der Waals surface area contributed by atoms with Crippen molar-refractivity contribution >= 4 is 34.3 Å². The molecule has 1 aromatic carbocycles. The number of benzene rings is 1. The molecule has 2 aliphatic rings. The second-order valence-corrected chi connectivity index (χ2v) is 10.2. The van der Waals surface area contributed by atoms with E-state index in [0.29, 0.717) is 29.1 Å². The number of aromatic nitrogens is 3. The summed E-state index contributed by atoms with van der Waals surface area (Å²) in [6, 6.07) is 9.29. The van der Waals surface area contributed by atoms with Crippen LogP contribution >= 0.6 is 0 Å². The number of anilines is 3. The van der Waals surface area contributed by atoms with Gasteiger partial charge < -0.3 is 20.1 Å². The minimum Gasteiger partial charge on any atom is -0.368 e. The van der Waals surface area contributed by atoms with Crippen LogP contribution in [0.15, 0.2) is 41.5 Å². The third-order valence-electron chi connectivity index (χ3n) is 7.22. The molecule has 2 unspecified atom stereocenters. The Kier molecular flexibility index (Phi) is 7.38. The number of carbonyl (C=O) groups excluding carboxylic acids is 1. The summed E-state index contributed by atoms with van der Waals surface area (Å²) in [5, 5.41) is 7.16. The molecule has 1 saturated heterocycles. The van der Waals surface area contributed by atoms with Crippen molar-refractivity contribution in [1.29, 1.82) is 0 Å². The van der Waals surface area contributed by atoms with Gasteiger partial charge in [0.15, 0.2) is 0 Å². The standard InChI is InChI=1S/C27H35N7O3/c1-17-14-33(15-18(2)29-17)20-11-9-19(10-12-20)30-27-28-13-22-24(35)23(26(36)32-37-3)16-34(25(22)31-27)21-7-5-4-6-8-21/h9-13,16-18,21,29H,4-8,14-15H2,1-3H3,(H,32,36)(H,28,30,31). The lowest BCUT2D eigenvalue weighted by Crippen LogP contribution is -2.54. The van der Waals surface area contributed by atoms with Crippen molar-refractivity contribution in [2.45, 2.75) is 64.1 Å². The average molecular weight is 506 g/mol. The number of amides is 1. The van der Waals surface area contributed by atoms with Gasteiger partial charge in [-0.05, 0) is 51.0 Å². The number of nitrogens with one attached hydrogen (secondary N) is 3. The maximum absolute atomic E-state index is 13.1. The van der Waals surface area contributed by atoms with Crippen LogP contribution in [0.25, 0.3) is 11.0 Å². The van der Waals surface area contributed by atoms with E-state index in [0.717, 1.165) is 44.5 Å². The van der Waals surface area contributed by atoms with Crippen molar-refractivity contribution < 1.29 is 9.63 Å². The number of hydroxylamine groups is 1. The predicted molar refractivity (Wildman–Crippen MR) is 144 cm³/mol. The minimum atomic E-state index is -0.575. The van der Waals surface area contributed by atoms with Crippen LogP contribution in [-0.4, -0.2) is 52.7 Å². The van der Waals surface area contributed by atoms with Gasteiger partial charge in [0.05, 0.1) is 12.5 Å². The zero-order valence-electron chi connectivity index (χ0n) is 21.7. The Balaban J connectivity index is 1.45. The van der Waals surface area contributed by atoms with Crippen molar-refractivity contribution in [2.24, 2.45) is 0 Å². The Morgan fingerprint density at radius 1 is 1.08 bits per heavy atom. The maximum atomic E-state index is 13.1. The summed E-state index contributed by atoms with van der Waals surface area (Å²) in [5.41, 5.74) is 4.45. The molecule has 0 radical (unpaired) electrons. The maximum Gasteiger partial charge on any atom is 0.280 e. The zero-order chi connectivity index (χ0) is 25.9. The van der Waals surface area contributed by atoms with Gasteiger partial charge in [0.1, 0.15) is 11.2 Å². The smallest absolute Gasteiger partial charge is 0.280 e. The number of rotatable bonds is 6. The molecule has 5 rings (SSSR count). The molecular weight excluding hydrogens is 470 g/mol. The minimum absolute atomic E-state index is 0.0244. The van der Waals surface area contributed by atoms with Gasteiger partial charge in [-0.2, -0.15) is 4.98 Å². The number of hydrogen-bond donors (Lipinski definition) is 3. The molecule has 3 N–H and O–H groups in total. The molecule has 3 aromatic rings. The largest absolute Gasteiger partial charge is 0.368 e. The van der Waals surface area contributed by atoms with Crippen molar-refractivity contribution in [3.8, 4) is 0 Å². The van der Waals surface area contributed by atoms with E-state index in [9.17, 15) is 9.59 Å². The first kappa shape index (κ1) is 25.2. The Morgan fingerprint density at radius 3 is 2.46 bits per heavy atom. The number of fused-ring (bicyclic) bond motifs is 1. The fourth-order valence-corrected chi connectivity index (χ4v) is 5.56. The van der Waals surface area contributed by atoms with Crippen LogP contribution in [0.3, 0.4) is 0 Å². The van der Waals surface area contributed by atoms with Crippen LogP contribution in [0.1, 0.15) is 62.4 Å². The van der Waals surface area contributed by atoms with E-state index in [2.05, 4.69) is 52.0 Å². The first-order valence-corrected chi connectivity index (χ1v) is 13.1. The van der Waals surface area contributed by atoms with Crippen molar-refractivity contribution in [2.75, 3.05) is 30.4 Å². The van der Waals surface area contributed by atoms with Gasteiger partial charge in [-0.3, -0.25) is 14.4 Å². The van der Waals surface area contributed by atoms with Crippen LogP contribution in [0.4, 0.5) is 17.3 Å². The number of piperazine rings is 1. The van der Waals surface area contributed by atoms with E-state index < -0.39 is 11.3 Å². The summed E-state index contributed by atoms with van der Waals surface area (Å²) < 4.78 is 1.98. The number of pyridine rings is 1. The Labute approximate surface area is 216 Å². The molecular formula is C27H35N7O3. The summed E-state index contributed by atoms with van der Waals surface area (Å²) in [5.74, 6) is -0.169. The Morgan fingerprint density at radius 2 is 1.78 bits per heavy atom. The monoisotopic (exact) mass is 505 g/mol. The lowest BCUT2D eigenvalue weighted by molar-refractivity contribution is 0.0535. The molecule has 196 valence electrons. The van der Waals surface area contributed by atoms with Gasteiger partial charge in [-0.1, -0.05) is 19.3 Å². The molecule has 1 amide bonds. The molecule has 1 aliphatic carbocycles.